The fourth-order valence-corrected chi connectivity index (χ4v) is 4.41. The number of fused-ring (bicyclic) bond motifs is 2. The van der Waals surface area contributed by atoms with Crippen LogP contribution in [0.25, 0.3) is 50.4 Å². The molecule has 156 valence electrons. The quantitative estimate of drug-likeness (QED) is 0.275. The van der Waals surface area contributed by atoms with Gasteiger partial charge in [0.2, 0.25) is 0 Å². The SMILES string of the molecule is C=C/C=C(\C=C)c1c(C=C)c(C=C)c(-c2ccc3cc(OC)ccc3c2)c2ccccc12. The summed E-state index contributed by atoms with van der Waals surface area (Å²) >= 11 is 0. The Labute approximate surface area is 190 Å². The van der Waals surface area contributed by atoms with Gasteiger partial charge in [-0.05, 0) is 73.1 Å². The largest absolute Gasteiger partial charge is 0.497 e. The topological polar surface area (TPSA) is 9.23 Å². The minimum atomic E-state index is 0.853. The third kappa shape index (κ3) is 3.48. The fourth-order valence-electron chi connectivity index (χ4n) is 4.41. The molecule has 0 unspecified atom stereocenters. The number of methoxy groups -OCH3 is 1. The Kier molecular flexibility index (Phi) is 5.91. The van der Waals surface area contributed by atoms with Crippen molar-refractivity contribution in [2.75, 3.05) is 7.11 Å². The Balaban J connectivity index is 2.13. The van der Waals surface area contributed by atoms with Crippen molar-refractivity contribution in [2.24, 2.45) is 0 Å². The van der Waals surface area contributed by atoms with E-state index in [-0.39, 0.29) is 0 Å². The smallest absolute Gasteiger partial charge is 0.119 e. The van der Waals surface area contributed by atoms with Gasteiger partial charge in [-0.2, -0.15) is 0 Å². The summed E-state index contributed by atoms with van der Waals surface area (Å²) in [4.78, 5) is 0. The van der Waals surface area contributed by atoms with Crippen molar-refractivity contribution in [3.63, 3.8) is 0 Å². The van der Waals surface area contributed by atoms with E-state index in [1.807, 2.05) is 30.4 Å². The van der Waals surface area contributed by atoms with Crippen LogP contribution < -0.4 is 4.74 Å². The molecule has 0 saturated heterocycles. The molecule has 0 N–H and O–H groups in total. The first-order chi connectivity index (χ1) is 15.7. The molecule has 0 spiro atoms. The van der Waals surface area contributed by atoms with Crippen LogP contribution >= 0.6 is 0 Å². The molecule has 0 heterocycles. The molecule has 0 amide bonds. The zero-order valence-electron chi connectivity index (χ0n) is 18.4. The maximum absolute atomic E-state index is 5.38. The molecule has 4 aromatic rings. The van der Waals surface area contributed by atoms with E-state index in [0.717, 1.165) is 60.7 Å². The van der Waals surface area contributed by atoms with E-state index < -0.39 is 0 Å². The molecule has 0 aliphatic rings. The Hall–Kier alpha value is -4.10. The van der Waals surface area contributed by atoms with Crippen LogP contribution in [0, 0.1) is 0 Å². The van der Waals surface area contributed by atoms with E-state index in [1.54, 1.807) is 13.2 Å². The number of benzene rings is 4. The molecule has 0 fully saturated rings. The van der Waals surface area contributed by atoms with Crippen LogP contribution in [0.5, 0.6) is 5.75 Å². The molecule has 0 bridgehead atoms. The minimum Gasteiger partial charge on any atom is -0.497 e. The fraction of sp³-hybridized carbons (Fsp3) is 0.0323. The maximum Gasteiger partial charge on any atom is 0.119 e. The van der Waals surface area contributed by atoms with E-state index in [2.05, 4.69) is 80.9 Å². The Morgan fingerprint density at radius 2 is 1.47 bits per heavy atom. The summed E-state index contributed by atoms with van der Waals surface area (Å²) in [6, 6.07) is 21.1. The van der Waals surface area contributed by atoms with Crippen molar-refractivity contribution >= 4 is 39.3 Å². The summed E-state index contributed by atoms with van der Waals surface area (Å²) in [5.74, 6) is 0.853. The second-order valence-corrected chi connectivity index (χ2v) is 7.52. The van der Waals surface area contributed by atoms with E-state index in [9.17, 15) is 0 Å². The Morgan fingerprint density at radius 3 is 2.12 bits per heavy atom. The summed E-state index contributed by atoms with van der Waals surface area (Å²) in [5.41, 5.74) is 6.47. The first-order valence-corrected chi connectivity index (χ1v) is 10.5. The number of ether oxygens (including phenoxy) is 1. The summed E-state index contributed by atoms with van der Waals surface area (Å²) in [6.45, 7) is 16.2. The van der Waals surface area contributed by atoms with Gasteiger partial charge in [0.1, 0.15) is 5.75 Å². The highest BCUT2D eigenvalue weighted by molar-refractivity contribution is 6.10. The molecule has 4 rings (SSSR count). The van der Waals surface area contributed by atoms with Crippen molar-refractivity contribution < 1.29 is 4.74 Å². The van der Waals surface area contributed by atoms with Gasteiger partial charge in [-0.1, -0.05) is 99.2 Å². The van der Waals surface area contributed by atoms with Gasteiger partial charge in [0.25, 0.3) is 0 Å². The van der Waals surface area contributed by atoms with Gasteiger partial charge < -0.3 is 4.74 Å². The lowest BCUT2D eigenvalue weighted by atomic mass is 9.83. The van der Waals surface area contributed by atoms with Gasteiger partial charge in [0, 0.05) is 0 Å². The normalized spacial score (nSPS) is 11.3. The van der Waals surface area contributed by atoms with Gasteiger partial charge in [-0.3, -0.25) is 0 Å². The number of rotatable bonds is 7. The molecule has 0 aromatic heterocycles. The maximum atomic E-state index is 5.38. The monoisotopic (exact) mass is 414 g/mol. The van der Waals surface area contributed by atoms with Gasteiger partial charge in [0.15, 0.2) is 0 Å². The number of hydrogen-bond acceptors (Lipinski definition) is 1. The molecular weight excluding hydrogens is 388 g/mol. The number of allylic oxidation sites excluding steroid dienone is 4. The van der Waals surface area contributed by atoms with Crippen molar-refractivity contribution in [3.8, 4) is 16.9 Å². The highest BCUT2D eigenvalue weighted by Gasteiger charge is 2.18. The molecule has 32 heavy (non-hydrogen) atoms. The van der Waals surface area contributed by atoms with Gasteiger partial charge >= 0.3 is 0 Å². The molecule has 1 heteroatoms. The van der Waals surface area contributed by atoms with Crippen LogP contribution in [-0.4, -0.2) is 7.11 Å². The molecule has 0 aliphatic heterocycles. The average molecular weight is 415 g/mol. The first kappa shape index (κ1) is 21.1. The molecule has 0 saturated carbocycles. The summed E-state index contributed by atoms with van der Waals surface area (Å²) in [5, 5.41) is 4.60. The van der Waals surface area contributed by atoms with Crippen LogP contribution in [0.1, 0.15) is 16.7 Å². The van der Waals surface area contributed by atoms with Crippen LogP contribution in [-0.2, 0) is 0 Å². The third-order valence-electron chi connectivity index (χ3n) is 5.84. The van der Waals surface area contributed by atoms with E-state index in [4.69, 9.17) is 4.74 Å². The van der Waals surface area contributed by atoms with E-state index >= 15 is 0 Å². The Bertz CT molecular complexity index is 1420. The standard InChI is InChI=1S/C31H26O/c1-6-12-21(7-2)30-26(8-3)27(9-4)31(29-14-11-10-13-28(29)30)24-16-15-23-20-25(32-5)18-17-22(23)19-24/h6-20H,1-4H2,5H3/b21-12+. The van der Waals surface area contributed by atoms with Crippen LogP contribution in [0.4, 0.5) is 0 Å². The summed E-state index contributed by atoms with van der Waals surface area (Å²) in [7, 11) is 1.69. The lowest BCUT2D eigenvalue weighted by Crippen LogP contribution is -1.98. The van der Waals surface area contributed by atoms with Crippen molar-refractivity contribution in [3.05, 3.63) is 122 Å². The lowest BCUT2D eigenvalue weighted by molar-refractivity contribution is 0.415. The van der Waals surface area contributed by atoms with Crippen molar-refractivity contribution in [2.45, 2.75) is 0 Å². The van der Waals surface area contributed by atoms with Gasteiger partial charge in [-0.15, -0.1) is 0 Å². The third-order valence-corrected chi connectivity index (χ3v) is 5.84. The van der Waals surface area contributed by atoms with Crippen molar-refractivity contribution in [1.82, 2.24) is 0 Å². The highest BCUT2D eigenvalue weighted by Crippen LogP contribution is 2.42. The highest BCUT2D eigenvalue weighted by atomic mass is 16.5. The summed E-state index contributed by atoms with van der Waals surface area (Å²) in [6.07, 6.45) is 9.48. The van der Waals surface area contributed by atoms with Gasteiger partial charge in [0.05, 0.1) is 7.11 Å². The molecule has 0 radical (unpaired) electrons. The second-order valence-electron chi connectivity index (χ2n) is 7.52. The second kappa shape index (κ2) is 8.95. The predicted molar refractivity (Wildman–Crippen MR) is 142 cm³/mol. The van der Waals surface area contributed by atoms with E-state index in [1.165, 1.54) is 0 Å². The Morgan fingerprint density at radius 1 is 0.781 bits per heavy atom. The minimum absolute atomic E-state index is 0.853. The van der Waals surface area contributed by atoms with Crippen LogP contribution in [0.2, 0.25) is 0 Å². The zero-order valence-corrected chi connectivity index (χ0v) is 18.4. The van der Waals surface area contributed by atoms with Crippen LogP contribution in [0.15, 0.2) is 105 Å². The average Bonchev–Trinajstić information content (AvgIpc) is 2.85. The molecular formula is C31H26O. The lowest BCUT2D eigenvalue weighted by Gasteiger charge is -2.20. The van der Waals surface area contributed by atoms with E-state index in [0.29, 0.717) is 0 Å². The predicted octanol–water partition coefficient (Wildman–Crippen LogP) is 8.71. The van der Waals surface area contributed by atoms with Gasteiger partial charge in [-0.25, -0.2) is 0 Å². The molecule has 4 aromatic carbocycles. The van der Waals surface area contributed by atoms with Crippen molar-refractivity contribution in [1.29, 1.82) is 0 Å². The molecule has 1 nitrogen and oxygen atoms in total. The summed E-state index contributed by atoms with van der Waals surface area (Å²) < 4.78 is 5.38. The first-order valence-electron chi connectivity index (χ1n) is 10.5. The molecule has 0 aliphatic carbocycles. The van der Waals surface area contributed by atoms with Crippen LogP contribution in [0.3, 0.4) is 0 Å². The molecule has 0 atom stereocenters. The number of hydrogen-bond donors (Lipinski definition) is 0. The zero-order chi connectivity index (χ0) is 22.7.